The molecule has 0 atom stereocenters. The number of rotatable bonds is 6. The lowest BCUT2D eigenvalue weighted by atomic mass is 9.89. The number of aryl methyl sites for hydroxylation is 1. The third-order valence-corrected chi connectivity index (χ3v) is 8.27. The summed E-state index contributed by atoms with van der Waals surface area (Å²) < 4.78 is 0. The third kappa shape index (κ3) is 6.09. The second kappa shape index (κ2) is 11.8. The zero-order valence-electron chi connectivity index (χ0n) is 22.7. The number of amides is 2. The number of anilines is 2. The normalized spacial score (nSPS) is 16.9. The number of piperidine rings is 2. The maximum Gasteiger partial charge on any atom is 0.256 e. The molecule has 2 heterocycles. The molecular formula is C33H39N3O2. The van der Waals surface area contributed by atoms with Gasteiger partial charge in [0.2, 0.25) is 0 Å². The van der Waals surface area contributed by atoms with Gasteiger partial charge in [-0.2, -0.15) is 0 Å². The van der Waals surface area contributed by atoms with Crippen LogP contribution in [0.2, 0.25) is 0 Å². The van der Waals surface area contributed by atoms with Gasteiger partial charge in [0.15, 0.2) is 0 Å². The van der Waals surface area contributed by atoms with Gasteiger partial charge in [-0.25, -0.2) is 0 Å². The minimum atomic E-state index is -0.150. The highest BCUT2D eigenvalue weighted by atomic mass is 16.2. The Labute approximate surface area is 226 Å². The first kappa shape index (κ1) is 26.0. The van der Waals surface area contributed by atoms with Gasteiger partial charge in [-0.15, -0.1) is 0 Å². The maximum absolute atomic E-state index is 13.8. The van der Waals surface area contributed by atoms with Crippen molar-refractivity contribution in [2.24, 2.45) is 11.8 Å². The van der Waals surface area contributed by atoms with Gasteiger partial charge < -0.3 is 15.1 Å². The van der Waals surface area contributed by atoms with Gasteiger partial charge in [0, 0.05) is 43.1 Å². The Hall–Kier alpha value is -3.60. The van der Waals surface area contributed by atoms with Crippen LogP contribution in [0.4, 0.5) is 11.4 Å². The van der Waals surface area contributed by atoms with Crippen molar-refractivity contribution < 1.29 is 9.59 Å². The lowest BCUT2D eigenvalue weighted by Gasteiger charge is -2.36. The largest absolute Gasteiger partial charge is 0.371 e. The highest BCUT2D eigenvalue weighted by molar-refractivity contribution is 6.07. The Morgan fingerprint density at radius 2 is 1.50 bits per heavy atom. The maximum atomic E-state index is 13.8. The van der Waals surface area contributed by atoms with Crippen LogP contribution >= 0.6 is 0 Å². The van der Waals surface area contributed by atoms with E-state index in [2.05, 4.69) is 47.5 Å². The first-order valence-corrected chi connectivity index (χ1v) is 14.1. The number of carbonyl (C=O) groups is 2. The van der Waals surface area contributed by atoms with E-state index in [1.54, 1.807) is 0 Å². The van der Waals surface area contributed by atoms with Crippen molar-refractivity contribution in [1.29, 1.82) is 0 Å². The highest BCUT2D eigenvalue weighted by Gasteiger charge is 2.28. The summed E-state index contributed by atoms with van der Waals surface area (Å²) in [6.07, 6.45) is 5.40. The molecule has 2 saturated heterocycles. The fourth-order valence-corrected chi connectivity index (χ4v) is 5.79. The molecule has 38 heavy (non-hydrogen) atoms. The van der Waals surface area contributed by atoms with Gasteiger partial charge in [0.1, 0.15) is 0 Å². The molecule has 0 radical (unpaired) electrons. The molecule has 3 aromatic carbocycles. The standard InChI is InChI=1S/C33H39N3O2/c1-24-14-18-36(19-15-24)33(38)30-23-28(34-32(37)29-11-7-6-8-25(29)2)12-13-31(30)35-20-16-27(17-21-35)22-26-9-4-3-5-10-26/h3-13,23-24,27H,14-22H2,1-2H3,(H,34,37). The lowest BCUT2D eigenvalue weighted by Crippen LogP contribution is -2.40. The van der Waals surface area contributed by atoms with E-state index in [0.29, 0.717) is 28.7 Å². The molecule has 5 rings (SSSR count). The van der Waals surface area contributed by atoms with E-state index in [-0.39, 0.29) is 11.8 Å². The topological polar surface area (TPSA) is 52.7 Å². The number of nitrogens with one attached hydrogen (secondary N) is 1. The SMILES string of the molecule is Cc1ccccc1C(=O)Nc1ccc(N2CCC(Cc3ccccc3)CC2)c(C(=O)N2CCC(C)CC2)c1. The fraction of sp³-hybridized carbons (Fsp3) is 0.394. The van der Waals surface area contributed by atoms with Crippen molar-refractivity contribution in [3.63, 3.8) is 0 Å². The quantitative estimate of drug-likeness (QED) is 0.408. The third-order valence-electron chi connectivity index (χ3n) is 8.27. The van der Waals surface area contributed by atoms with Gasteiger partial charge >= 0.3 is 0 Å². The fourth-order valence-electron chi connectivity index (χ4n) is 5.79. The van der Waals surface area contributed by atoms with E-state index in [1.165, 1.54) is 5.56 Å². The summed E-state index contributed by atoms with van der Waals surface area (Å²) >= 11 is 0. The van der Waals surface area contributed by atoms with Crippen LogP contribution in [0, 0.1) is 18.8 Å². The number of hydrogen-bond donors (Lipinski definition) is 1. The second-order valence-corrected chi connectivity index (χ2v) is 11.1. The predicted octanol–water partition coefficient (Wildman–Crippen LogP) is 6.58. The van der Waals surface area contributed by atoms with E-state index in [4.69, 9.17) is 0 Å². The Morgan fingerprint density at radius 3 is 2.21 bits per heavy atom. The van der Waals surface area contributed by atoms with Crippen molar-refractivity contribution in [3.8, 4) is 0 Å². The van der Waals surface area contributed by atoms with Crippen LogP contribution in [0.15, 0.2) is 72.8 Å². The molecule has 5 nitrogen and oxygen atoms in total. The molecule has 198 valence electrons. The Morgan fingerprint density at radius 1 is 0.816 bits per heavy atom. The van der Waals surface area contributed by atoms with Crippen molar-refractivity contribution in [2.75, 3.05) is 36.4 Å². The molecule has 5 heteroatoms. The molecule has 0 unspecified atom stereocenters. The summed E-state index contributed by atoms with van der Waals surface area (Å²) in [4.78, 5) is 31.2. The van der Waals surface area contributed by atoms with Gasteiger partial charge in [0.25, 0.3) is 11.8 Å². The van der Waals surface area contributed by atoms with Crippen molar-refractivity contribution in [1.82, 2.24) is 4.90 Å². The summed E-state index contributed by atoms with van der Waals surface area (Å²) in [5.41, 5.74) is 5.32. The van der Waals surface area contributed by atoms with Crippen molar-refractivity contribution >= 4 is 23.2 Å². The molecule has 2 aliphatic heterocycles. The van der Waals surface area contributed by atoms with Crippen molar-refractivity contribution in [3.05, 3.63) is 95.1 Å². The van der Waals surface area contributed by atoms with Gasteiger partial charge in [-0.1, -0.05) is 55.5 Å². The smallest absolute Gasteiger partial charge is 0.256 e. The number of likely N-dealkylation sites (tertiary alicyclic amines) is 1. The highest BCUT2D eigenvalue weighted by Crippen LogP contribution is 2.32. The van der Waals surface area contributed by atoms with Crippen LogP contribution < -0.4 is 10.2 Å². The summed E-state index contributed by atoms with van der Waals surface area (Å²) in [7, 11) is 0. The monoisotopic (exact) mass is 509 g/mol. The second-order valence-electron chi connectivity index (χ2n) is 11.1. The summed E-state index contributed by atoms with van der Waals surface area (Å²) in [6.45, 7) is 7.64. The number of benzene rings is 3. The zero-order chi connectivity index (χ0) is 26.5. The van der Waals surface area contributed by atoms with Crippen LogP contribution in [0.1, 0.15) is 64.4 Å². The number of hydrogen-bond acceptors (Lipinski definition) is 3. The molecule has 0 aliphatic carbocycles. The van der Waals surface area contributed by atoms with Gasteiger partial charge in [0.05, 0.1) is 5.56 Å². The average molecular weight is 510 g/mol. The molecule has 0 spiro atoms. The molecule has 2 fully saturated rings. The molecule has 2 aliphatic rings. The number of carbonyl (C=O) groups excluding carboxylic acids is 2. The van der Waals surface area contributed by atoms with Crippen molar-refractivity contribution in [2.45, 2.75) is 46.0 Å². The Bertz CT molecular complexity index is 1260. The van der Waals surface area contributed by atoms with Crippen LogP contribution in [-0.4, -0.2) is 42.9 Å². The predicted molar refractivity (Wildman–Crippen MR) is 155 cm³/mol. The molecule has 0 aromatic heterocycles. The first-order chi connectivity index (χ1) is 18.5. The van der Waals surface area contributed by atoms with Crippen LogP contribution in [0.25, 0.3) is 0 Å². The minimum absolute atomic E-state index is 0.0744. The molecule has 1 N–H and O–H groups in total. The molecule has 2 amide bonds. The molecule has 0 bridgehead atoms. The Balaban J connectivity index is 1.35. The summed E-state index contributed by atoms with van der Waals surface area (Å²) in [6, 6.07) is 24.2. The van der Waals surface area contributed by atoms with E-state index in [9.17, 15) is 9.59 Å². The summed E-state index contributed by atoms with van der Waals surface area (Å²) in [5, 5.41) is 3.04. The van der Waals surface area contributed by atoms with Gasteiger partial charge in [-0.05, 0) is 86.3 Å². The van der Waals surface area contributed by atoms with Crippen LogP contribution in [0.3, 0.4) is 0 Å². The van der Waals surface area contributed by atoms with E-state index < -0.39 is 0 Å². The molecule has 3 aromatic rings. The average Bonchev–Trinajstić information content (AvgIpc) is 2.94. The van der Waals surface area contributed by atoms with Gasteiger partial charge in [-0.3, -0.25) is 9.59 Å². The van der Waals surface area contributed by atoms with E-state index >= 15 is 0 Å². The van der Waals surface area contributed by atoms with E-state index in [1.807, 2.05) is 54.3 Å². The first-order valence-electron chi connectivity index (χ1n) is 14.1. The molecule has 0 saturated carbocycles. The zero-order valence-corrected chi connectivity index (χ0v) is 22.7. The van der Waals surface area contributed by atoms with E-state index in [0.717, 1.165) is 69.5 Å². The molecular weight excluding hydrogens is 470 g/mol. The Kier molecular flexibility index (Phi) is 8.11. The summed E-state index contributed by atoms with van der Waals surface area (Å²) in [5.74, 6) is 1.24. The minimum Gasteiger partial charge on any atom is -0.371 e. The lowest BCUT2D eigenvalue weighted by molar-refractivity contribution is 0.0697. The number of nitrogens with zero attached hydrogens (tertiary/aromatic N) is 2. The van der Waals surface area contributed by atoms with Crippen LogP contribution in [0.5, 0.6) is 0 Å². The van der Waals surface area contributed by atoms with Crippen LogP contribution in [-0.2, 0) is 6.42 Å².